The van der Waals surface area contributed by atoms with Gasteiger partial charge < -0.3 is 17.7 Å². The second-order valence-electron chi connectivity index (χ2n) is 11.7. The van der Waals surface area contributed by atoms with Gasteiger partial charge in [0.1, 0.15) is 22.3 Å². The Hall–Kier alpha value is -6.54. The van der Waals surface area contributed by atoms with Crippen LogP contribution in [0.1, 0.15) is 0 Å². The fraction of sp³-hybridized carbons (Fsp3) is 0. The van der Waals surface area contributed by atoms with Gasteiger partial charge in [0.2, 0.25) is 0 Å². The fourth-order valence-electron chi connectivity index (χ4n) is 7.77. The highest BCUT2D eigenvalue weighted by Gasteiger charge is 2.24. The highest BCUT2D eigenvalue weighted by atomic mass is 16.4. The number of hydrogen-bond acceptors (Lipinski definition) is 8. The van der Waals surface area contributed by atoms with E-state index in [0.29, 0.717) is 65.4 Å². The normalized spacial score (nSPS) is 12.7. The van der Waals surface area contributed by atoms with E-state index in [0.717, 1.165) is 32.3 Å². The average Bonchev–Trinajstić information content (AvgIpc) is 3.07. The van der Waals surface area contributed by atoms with Crippen molar-refractivity contribution in [3.8, 4) is 0 Å². The van der Waals surface area contributed by atoms with Gasteiger partial charge in [-0.15, -0.1) is 0 Å². The summed E-state index contributed by atoms with van der Waals surface area (Å²) in [5, 5.41) is 9.89. The monoisotopic (exact) mass is 598 g/mol. The molecule has 8 heteroatoms. The molecule has 0 aliphatic carbocycles. The topological polar surface area (TPSA) is 121 Å². The van der Waals surface area contributed by atoms with Gasteiger partial charge in [-0.25, -0.2) is 19.2 Å². The SMILES string of the molecule is O=c1oc(=O)c2cc3c(oc4cccc5c4c3c3cccc4oc6c7cccc8c(=O)oc(=O)c(cc6c5c43)c87)c3cccc1c23. The number of rotatable bonds is 0. The fourth-order valence-corrected chi connectivity index (χ4v) is 7.77. The maximum absolute atomic E-state index is 13.1. The van der Waals surface area contributed by atoms with Crippen LogP contribution in [0.3, 0.4) is 0 Å². The lowest BCUT2D eigenvalue weighted by molar-refractivity contribution is 0.488. The van der Waals surface area contributed by atoms with Gasteiger partial charge in [0, 0.05) is 53.9 Å². The van der Waals surface area contributed by atoms with E-state index in [1.807, 2.05) is 48.5 Å². The van der Waals surface area contributed by atoms with Crippen LogP contribution in [0.5, 0.6) is 0 Å². The van der Waals surface area contributed by atoms with Crippen LogP contribution in [-0.4, -0.2) is 0 Å². The first-order valence-electron chi connectivity index (χ1n) is 14.6. The molecule has 0 fully saturated rings. The molecular weight excluding hydrogens is 584 g/mol. The Morgan fingerprint density at radius 3 is 1.13 bits per heavy atom. The summed E-state index contributed by atoms with van der Waals surface area (Å²) >= 11 is 0. The van der Waals surface area contributed by atoms with Crippen LogP contribution in [0.25, 0.3) is 109 Å². The molecule has 0 saturated heterocycles. The van der Waals surface area contributed by atoms with E-state index in [-0.39, 0.29) is 10.8 Å². The summed E-state index contributed by atoms with van der Waals surface area (Å²) in [5.74, 6) is 0. The number of benzene rings is 7. The lowest BCUT2D eigenvalue weighted by Gasteiger charge is -2.18. The van der Waals surface area contributed by atoms with Crippen LogP contribution in [0.2, 0.25) is 0 Å². The van der Waals surface area contributed by atoms with Gasteiger partial charge in [0.15, 0.2) is 0 Å². The van der Waals surface area contributed by atoms with Gasteiger partial charge in [-0.3, -0.25) is 0 Å². The average molecular weight is 599 g/mol. The third kappa shape index (κ3) is 2.64. The highest BCUT2D eigenvalue weighted by Crippen LogP contribution is 2.48. The van der Waals surface area contributed by atoms with Gasteiger partial charge in [-0.2, -0.15) is 0 Å². The van der Waals surface area contributed by atoms with Crippen LogP contribution in [-0.2, 0) is 0 Å². The van der Waals surface area contributed by atoms with E-state index in [1.54, 1.807) is 36.4 Å². The summed E-state index contributed by atoms with van der Waals surface area (Å²) in [7, 11) is 0. The van der Waals surface area contributed by atoms with Crippen molar-refractivity contribution < 1.29 is 17.7 Å². The molecule has 4 heterocycles. The zero-order valence-corrected chi connectivity index (χ0v) is 23.3. The van der Waals surface area contributed by atoms with Gasteiger partial charge in [-0.05, 0) is 47.2 Å². The summed E-state index contributed by atoms with van der Waals surface area (Å²) in [6.45, 7) is 0. The smallest absolute Gasteiger partial charge is 0.346 e. The van der Waals surface area contributed by atoms with Crippen LogP contribution in [0.4, 0.5) is 0 Å². The summed E-state index contributed by atoms with van der Waals surface area (Å²) in [6.07, 6.45) is 0. The Morgan fingerprint density at radius 2 is 0.674 bits per heavy atom. The first-order valence-corrected chi connectivity index (χ1v) is 14.6. The molecule has 0 saturated carbocycles. The molecule has 0 aliphatic heterocycles. The first kappa shape index (κ1) is 23.9. The molecule has 8 nitrogen and oxygen atoms in total. The highest BCUT2D eigenvalue weighted by molar-refractivity contribution is 6.42. The van der Waals surface area contributed by atoms with Crippen molar-refractivity contribution in [1.29, 1.82) is 0 Å². The zero-order valence-electron chi connectivity index (χ0n) is 23.3. The van der Waals surface area contributed by atoms with Crippen LogP contribution in [0, 0.1) is 0 Å². The molecule has 4 aromatic heterocycles. The molecular formula is C38H14O8. The van der Waals surface area contributed by atoms with Crippen molar-refractivity contribution in [2.75, 3.05) is 0 Å². The van der Waals surface area contributed by atoms with Crippen LogP contribution >= 0.6 is 0 Å². The predicted molar refractivity (Wildman–Crippen MR) is 178 cm³/mol. The molecule has 214 valence electrons. The van der Waals surface area contributed by atoms with Crippen LogP contribution < -0.4 is 22.5 Å². The Labute approximate surface area is 252 Å². The third-order valence-corrected chi connectivity index (χ3v) is 9.53. The lowest BCUT2D eigenvalue weighted by Crippen LogP contribution is -2.12. The molecule has 0 N–H and O–H groups in total. The van der Waals surface area contributed by atoms with E-state index >= 15 is 0 Å². The lowest BCUT2D eigenvalue weighted by atomic mass is 9.88. The van der Waals surface area contributed by atoms with Crippen molar-refractivity contribution in [2.24, 2.45) is 0 Å². The molecule has 11 rings (SSSR count). The van der Waals surface area contributed by atoms with Crippen LogP contribution in [0.15, 0.2) is 122 Å². The molecule has 0 bridgehead atoms. The van der Waals surface area contributed by atoms with E-state index in [9.17, 15) is 19.2 Å². The van der Waals surface area contributed by atoms with Crippen molar-refractivity contribution in [2.45, 2.75) is 0 Å². The molecule has 0 aliphatic rings. The second-order valence-corrected chi connectivity index (χ2v) is 11.7. The third-order valence-electron chi connectivity index (χ3n) is 9.53. The van der Waals surface area contributed by atoms with Gasteiger partial charge in [-0.1, -0.05) is 48.5 Å². The van der Waals surface area contributed by atoms with E-state index < -0.39 is 22.5 Å². The quantitative estimate of drug-likeness (QED) is 0.128. The minimum atomic E-state index is -0.711. The molecule has 0 unspecified atom stereocenters. The van der Waals surface area contributed by atoms with Crippen molar-refractivity contribution in [3.63, 3.8) is 0 Å². The van der Waals surface area contributed by atoms with Gasteiger partial charge in [0.05, 0.1) is 21.5 Å². The molecule has 0 atom stereocenters. The van der Waals surface area contributed by atoms with Gasteiger partial charge in [0.25, 0.3) is 0 Å². The Morgan fingerprint density at radius 1 is 0.304 bits per heavy atom. The summed E-state index contributed by atoms with van der Waals surface area (Å²) in [4.78, 5) is 51.5. The van der Waals surface area contributed by atoms with E-state index in [1.165, 1.54) is 0 Å². The second kappa shape index (κ2) is 7.75. The van der Waals surface area contributed by atoms with Crippen molar-refractivity contribution >= 4 is 109 Å². The molecule has 7 aromatic carbocycles. The summed E-state index contributed by atoms with van der Waals surface area (Å²) in [6, 6.07) is 25.6. The predicted octanol–water partition coefficient (Wildman–Crippen LogP) is 7.91. The molecule has 11 aromatic rings. The van der Waals surface area contributed by atoms with E-state index in [4.69, 9.17) is 17.7 Å². The van der Waals surface area contributed by atoms with Crippen molar-refractivity contribution in [1.82, 2.24) is 0 Å². The Kier molecular flexibility index (Phi) is 4.02. The van der Waals surface area contributed by atoms with Gasteiger partial charge >= 0.3 is 22.5 Å². The Balaban J connectivity index is 1.48. The minimum absolute atomic E-state index is 0.289. The van der Waals surface area contributed by atoms with Crippen molar-refractivity contribution in [3.05, 3.63) is 127 Å². The molecule has 46 heavy (non-hydrogen) atoms. The standard InChI is InChI=1S/C38H14O8/c39-35-19-9-1-7-17-27(19)23(37(41)45-35)13-21-29-15-5-4-12-26-32(15)30(16-6-3-11-25(31(16)29)43-33(17)21)22-14-24-28-18(34(22)44-26)8-2-10-20(28)36(40)46-38(24)42/h1-14H. The molecule has 0 amide bonds. The first-order chi connectivity index (χ1) is 22.5. The largest absolute Gasteiger partial charge is 0.455 e. The minimum Gasteiger partial charge on any atom is -0.455 e. The number of hydrogen-bond donors (Lipinski definition) is 0. The number of fused-ring (bicyclic) bond motifs is 8. The summed E-state index contributed by atoms with van der Waals surface area (Å²) in [5.41, 5.74) is -0.508. The van der Waals surface area contributed by atoms with E-state index in [2.05, 4.69) is 0 Å². The maximum Gasteiger partial charge on any atom is 0.346 e. The summed E-state index contributed by atoms with van der Waals surface area (Å²) < 4.78 is 23.5. The molecule has 0 radical (unpaired) electrons. The zero-order chi connectivity index (χ0) is 30.6. The Bertz CT molecular complexity index is 3220. The molecule has 0 spiro atoms. The maximum atomic E-state index is 13.1.